The van der Waals surface area contributed by atoms with Crippen molar-refractivity contribution in [3.63, 3.8) is 0 Å². The Labute approximate surface area is 126 Å². The van der Waals surface area contributed by atoms with Gasteiger partial charge in [0.05, 0.1) is 0 Å². The van der Waals surface area contributed by atoms with E-state index in [0.29, 0.717) is 0 Å². The third-order valence-corrected chi connectivity index (χ3v) is 3.28. The van der Waals surface area contributed by atoms with Crippen molar-refractivity contribution >= 4 is 22.9 Å². The van der Waals surface area contributed by atoms with Gasteiger partial charge in [0, 0.05) is 19.6 Å². The van der Waals surface area contributed by atoms with Crippen molar-refractivity contribution in [1.29, 1.82) is 0 Å². The number of rotatable bonds is 4. The van der Waals surface area contributed by atoms with Crippen LogP contribution in [0.4, 0.5) is 0 Å². The minimum Gasteiger partial charge on any atom is -0.356 e. The maximum absolute atomic E-state index is 4.48. The van der Waals surface area contributed by atoms with Crippen molar-refractivity contribution in [3.8, 4) is 0 Å². The molecule has 2 N–H and O–H groups in total. The van der Waals surface area contributed by atoms with Crippen LogP contribution in [0.25, 0.3) is 0 Å². The van der Waals surface area contributed by atoms with Gasteiger partial charge in [0.2, 0.25) is 0 Å². The molecule has 0 saturated carbocycles. The van der Waals surface area contributed by atoms with Crippen LogP contribution in [0, 0.1) is 0 Å². The van der Waals surface area contributed by atoms with Gasteiger partial charge in [0.1, 0.15) is 0 Å². The maximum atomic E-state index is 4.48. The van der Waals surface area contributed by atoms with Crippen LogP contribution in [0.3, 0.4) is 0 Å². The maximum Gasteiger partial charge on any atom is 0.191 e. The van der Waals surface area contributed by atoms with E-state index in [2.05, 4.69) is 46.8 Å². The summed E-state index contributed by atoms with van der Waals surface area (Å²) in [6.07, 6.45) is 4.56. The molecule has 0 aliphatic carbocycles. The molecule has 3 nitrogen and oxygen atoms in total. The molecule has 0 spiro atoms. The molecule has 4 heteroatoms. The number of nitrogens with one attached hydrogen (secondary N) is 2. The number of hydrogen-bond acceptors (Lipinski definition) is 3. The molecule has 1 aliphatic heterocycles. The molecule has 0 amide bonds. The molecule has 0 atom stereocenters. The molecule has 0 saturated heterocycles. The summed E-state index contributed by atoms with van der Waals surface area (Å²) >= 11 is 0. The molecule has 1 aliphatic rings. The first-order valence-electron chi connectivity index (χ1n) is 6.98. The zero-order valence-electron chi connectivity index (χ0n) is 11.6. The molecule has 0 aromatic heterocycles. The summed E-state index contributed by atoms with van der Waals surface area (Å²) in [5.41, 5.74) is 2.79. The van der Waals surface area contributed by atoms with Crippen molar-refractivity contribution in [3.05, 3.63) is 35.4 Å². The van der Waals surface area contributed by atoms with E-state index in [4.69, 9.17) is 0 Å². The van der Waals surface area contributed by atoms with E-state index in [1.54, 1.807) is 0 Å². The first kappa shape index (κ1) is 16.0. The fraction of sp³-hybridized carbons (Fsp3) is 0.533. The standard InChI is InChI=1S/C15H23N3.BrH/c1-2-13-5-7-14(8-6-13)9-12-18-15-16-10-3-4-11-17-15;/h5-8H,2-4,9-12H2,1H3,(H2,16,17,18);1H. The highest BCUT2D eigenvalue weighted by molar-refractivity contribution is 8.93. The van der Waals surface area contributed by atoms with Crippen LogP contribution >= 0.6 is 17.0 Å². The Balaban J connectivity index is 0.00000180. The first-order chi connectivity index (χ1) is 8.88. The van der Waals surface area contributed by atoms with Crippen LogP contribution in [-0.2, 0) is 12.8 Å². The Morgan fingerprint density at radius 2 is 1.89 bits per heavy atom. The number of aliphatic imine (C=N–C) groups is 1. The fourth-order valence-electron chi connectivity index (χ4n) is 2.08. The smallest absolute Gasteiger partial charge is 0.191 e. The molecule has 0 unspecified atom stereocenters. The van der Waals surface area contributed by atoms with Gasteiger partial charge in [-0.25, -0.2) is 0 Å². The third kappa shape index (κ3) is 5.64. The Morgan fingerprint density at radius 1 is 1.16 bits per heavy atom. The Bertz CT molecular complexity index is 387. The highest BCUT2D eigenvalue weighted by Crippen LogP contribution is 2.05. The summed E-state index contributed by atoms with van der Waals surface area (Å²) in [6.45, 7) is 5.11. The van der Waals surface area contributed by atoms with Crippen molar-refractivity contribution in [2.24, 2.45) is 4.99 Å². The molecule has 1 aromatic rings. The number of hydrogen-bond donors (Lipinski definition) is 2. The quantitative estimate of drug-likeness (QED) is 0.893. The predicted octanol–water partition coefficient (Wildman–Crippen LogP) is 2.70. The summed E-state index contributed by atoms with van der Waals surface area (Å²) < 4.78 is 0. The monoisotopic (exact) mass is 325 g/mol. The lowest BCUT2D eigenvalue weighted by molar-refractivity contribution is 0.741. The van der Waals surface area contributed by atoms with E-state index in [0.717, 1.165) is 38.4 Å². The molecule has 0 fully saturated rings. The molecule has 1 heterocycles. The average molecular weight is 326 g/mol. The second-order valence-electron chi connectivity index (χ2n) is 4.71. The lowest BCUT2D eigenvalue weighted by Gasteiger charge is -2.10. The van der Waals surface area contributed by atoms with Crippen molar-refractivity contribution in [2.75, 3.05) is 19.6 Å². The van der Waals surface area contributed by atoms with E-state index in [9.17, 15) is 0 Å². The number of guanidine groups is 1. The fourth-order valence-corrected chi connectivity index (χ4v) is 2.08. The van der Waals surface area contributed by atoms with Gasteiger partial charge in [-0.05, 0) is 36.8 Å². The summed E-state index contributed by atoms with van der Waals surface area (Å²) in [7, 11) is 0. The van der Waals surface area contributed by atoms with Crippen molar-refractivity contribution < 1.29 is 0 Å². The molecular formula is C15H24BrN3. The van der Waals surface area contributed by atoms with Gasteiger partial charge in [-0.2, -0.15) is 0 Å². The number of halogens is 1. The van der Waals surface area contributed by atoms with Crippen LogP contribution < -0.4 is 10.6 Å². The van der Waals surface area contributed by atoms with Gasteiger partial charge in [-0.3, -0.25) is 4.99 Å². The van der Waals surface area contributed by atoms with Gasteiger partial charge >= 0.3 is 0 Å². The second-order valence-corrected chi connectivity index (χ2v) is 4.71. The molecule has 1 aromatic carbocycles. The molecule has 19 heavy (non-hydrogen) atoms. The van der Waals surface area contributed by atoms with Crippen LogP contribution in [0.5, 0.6) is 0 Å². The largest absolute Gasteiger partial charge is 0.356 e. The van der Waals surface area contributed by atoms with E-state index < -0.39 is 0 Å². The second kappa shape index (κ2) is 8.97. The van der Waals surface area contributed by atoms with Crippen LogP contribution in [0.2, 0.25) is 0 Å². The van der Waals surface area contributed by atoms with E-state index in [1.165, 1.54) is 24.0 Å². The minimum atomic E-state index is 0. The lowest BCUT2D eigenvalue weighted by atomic mass is 10.1. The highest BCUT2D eigenvalue weighted by Gasteiger charge is 2.01. The molecule has 106 valence electrons. The zero-order valence-corrected chi connectivity index (χ0v) is 13.3. The summed E-state index contributed by atoms with van der Waals surface area (Å²) in [5, 5.41) is 6.70. The number of aryl methyl sites for hydroxylation is 1. The first-order valence-corrected chi connectivity index (χ1v) is 6.98. The van der Waals surface area contributed by atoms with E-state index in [1.807, 2.05) is 0 Å². The summed E-state index contributed by atoms with van der Waals surface area (Å²) in [4.78, 5) is 4.48. The summed E-state index contributed by atoms with van der Waals surface area (Å²) in [6, 6.07) is 8.89. The predicted molar refractivity (Wildman–Crippen MR) is 87.4 cm³/mol. The third-order valence-electron chi connectivity index (χ3n) is 3.28. The minimum absolute atomic E-state index is 0. The van der Waals surface area contributed by atoms with E-state index >= 15 is 0 Å². The van der Waals surface area contributed by atoms with Crippen molar-refractivity contribution in [1.82, 2.24) is 10.6 Å². The lowest BCUT2D eigenvalue weighted by Crippen LogP contribution is -2.38. The molecule has 0 radical (unpaired) electrons. The topological polar surface area (TPSA) is 36.4 Å². The highest BCUT2D eigenvalue weighted by atomic mass is 79.9. The van der Waals surface area contributed by atoms with Gasteiger partial charge < -0.3 is 10.6 Å². The van der Waals surface area contributed by atoms with Gasteiger partial charge in [0.15, 0.2) is 5.96 Å². The molecular weight excluding hydrogens is 302 g/mol. The van der Waals surface area contributed by atoms with Gasteiger partial charge in [-0.15, -0.1) is 17.0 Å². The van der Waals surface area contributed by atoms with Crippen LogP contribution in [0.1, 0.15) is 30.9 Å². The number of nitrogens with zero attached hydrogens (tertiary/aromatic N) is 1. The summed E-state index contributed by atoms with van der Waals surface area (Å²) in [5.74, 6) is 0.970. The van der Waals surface area contributed by atoms with Crippen molar-refractivity contribution in [2.45, 2.75) is 32.6 Å². The van der Waals surface area contributed by atoms with E-state index in [-0.39, 0.29) is 17.0 Å². The zero-order chi connectivity index (χ0) is 12.6. The normalized spacial score (nSPS) is 14.7. The SMILES string of the molecule is Br.CCc1ccc(CCNC2=NCCCCN2)cc1. The molecule has 2 rings (SSSR count). The average Bonchev–Trinajstić information content (AvgIpc) is 2.68. The van der Waals surface area contributed by atoms with Gasteiger partial charge in [-0.1, -0.05) is 31.2 Å². The Morgan fingerprint density at radius 3 is 2.63 bits per heavy atom. The number of benzene rings is 1. The van der Waals surface area contributed by atoms with Crippen LogP contribution in [-0.4, -0.2) is 25.6 Å². The van der Waals surface area contributed by atoms with Crippen LogP contribution in [0.15, 0.2) is 29.3 Å². The molecule has 0 bridgehead atoms. The van der Waals surface area contributed by atoms with Gasteiger partial charge in [0.25, 0.3) is 0 Å². The Kier molecular flexibility index (Phi) is 7.56. The Hall–Kier alpha value is -1.03.